The normalized spacial score (nSPS) is 15.4. The molecule has 0 aromatic heterocycles. The van der Waals surface area contributed by atoms with E-state index in [-0.39, 0.29) is 30.6 Å². The van der Waals surface area contributed by atoms with Gasteiger partial charge in [0.1, 0.15) is 0 Å². The number of rotatable bonds is 8. The van der Waals surface area contributed by atoms with Crippen LogP contribution in [0.4, 0.5) is 0 Å². The van der Waals surface area contributed by atoms with Crippen molar-refractivity contribution in [3.8, 4) is 0 Å². The highest BCUT2D eigenvalue weighted by molar-refractivity contribution is 5.99. The molecule has 1 aromatic carbocycles. The summed E-state index contributed by atoms with van der Waals surface area (Å²) in [6.07, 6.45) is 3.38. The standard InChI is InChI=1S/C20H30N2O3/c1-15-4-5-16(2)18(14-15)19(23)6-7-20(24)22-11-8-17(9-12-22)25-13-3-10-21/h4-5,14,17H,3,6-13,21H2,1-2H3. The molecule has 0 aliphatic carbocycles. The van der Waals surface area contributed by atoms with Crippen molar-refractivity contribution in [3.05, 3.63) is 34.9 Å². The second-order valence-electron chi connectivity index (χ2n) is 6.83. The minimum Gasteiger partial charge on any atom is -0.378 e. The summed E-state index contributed by atoms with van der Waals surface area (Å²) < 4.78 is 5.76. The van der Waals surface area contributed by atoms with E-state index in [4.69, 9.17) is 10.5 Å². The highest BCUT2D eigenvalue weighted by Gasteiger charge is 2.23. The maximum Gasteiger partial charge on any atom is 0.223 e. The van der Waals surface area contributed by atoms with E-state index >= 15 is 0 Å². The lowest BCUT2D eigenvalue weighted by Crippen LogP contribution is -2.41. The number of aryl methyl sites for hydroxylation is 2. The van der Waals surface area contributed by atoms with Crippen LogP contribution in [0.25, 0.3) is 0 Å². The molecule has 1 aromatic rings. The Hall–Kier alpha value is -1.72. The van der Waals surface area contributed by atoms with E-state index in [9.17, 15) is 9.59 Å². The van der Waals surface area contributed by atoms with Crippen LogP contribution in [-0.2, 0) is 9.53 Å². The third-order valence-electron chi connectivity index (χ3n) is 4.76. The quantitative estimate of drug-likeness (QED) is 0.580. The van der Waals surface area contributed by atoms with E-state index in [0.717, 1.165) is 36.0 Å². The van der Waals surface area contributed by atoms with Crippen LogP contribution in [0.1, 0.15) is 53.6 Å². The number of nitrogens with zero attached hydrogens (tertiary/aromatic N) is 1. The lowest BCUT2D eigenvalue weighted by atomic mass is 9.99. The van der Waals surface area contributed by atoms with Crippen LogP contribution in [0.2, 0.25) is 0 Å². The second-order valence-corrected chi connectivity index (χ2v) is 6.83. The number of carbonyl (C=O) groups excluding carboxylic acids is 2. The molecule has 5 heteroatoms. The number of amides is 1. The number of Topliss-reactive ketones (excluding diaryl/α,β-unsaturated/α-hetero) is 1. The summed E-state index contributed by atoms with van der Waals surface area (Å²) >= 11 is 0. The summed E-state index contributed by atoms with van der Waals surface area (Å²) in [7, 11) is 0. The van der Waals surface area contributed by atoms with Crippen LogP contribution >= 0.6 is 0 Å². The zero-order valence-corrected chi connectivity index (χ0v) is 15.4. The summed E-state index contributed by atoms with van der Waals surface area (Å²) in [4.78, 5) is 26.6. The number of nitrogens with two attached hydrogens (primary N) is 1. The van der Waals surface area contributed by atoms with Crippen LogP contribution in [-0.4, -0.2) is 48.9 Å². The van der Waals surface area contributed by atoms with E-state index < -0.39 is 0 Å². The van der Waals surface area contributed by atoms with E-state index in [2.05, 4.69) is 0 Å². The first-order chi connectivity index (χ1) is 12.0. The summed E-state index contributed by atoms with van der Waals surface area (Å²) in [6.45, 7) is 6.67. The van der Waals surface area contributed by atoms with Gasteiger partial charge >= 0.3 is 0 Å². The largest absolute Gasteiger partial charge is 0.378 e. The van der Waals surface area contributed by atoms with Crippen LogP contribution in [0.3, 0.4) is 0 Å². The van der Waals surface area contributed by atoms with Gasteiger partial charge in [-0.1, -0.05) is 17.7 Å². The summed E-state index contributed by atoms with van der Waals surface area (Å²) in [5.41, 5.74) is 8.24. The summed E-state index contributed by atoms with van der Waals surface area (Å²) in [6, 6.07) is 5.86. The molecular formula is C20H30N2O3. The predicted molar refractivity (Wildman–Crippen MR) is 98.7 cm³/mol. The Morgan fingerprint density at radius 2 is 1.92 bits per heavy atom. The van der Waals surface area contributed by atoms with Gasteiger partial charge in [0.25, 0.3) is 0 Å². The van der Waals surface area contributed by atoms with E-state index in [1.165, 1.54) is 0 Å². The van der Waals surface area contributed by atoms with Gasteiger partial charge in [0.15, 0.2) is 5.78 Å². The van der Waals surface area contributed by atoms with Gasteiger partial charge in [0.2, 0.25) is 5.91 Å². The molecule has 1 amide bonds. The highest BCUT2D eigenvalue weighted by atomic mass is 16.5. The third kappa shape index (κ3) is 5.94. The fourth-order valence-corrected chi connectivity index (χ4v) is 3.15. The first-order valence-corrected chi connectivity index (χ1v) is 9.21. The molecule has 0 saturated carbocycles. The van der Waals surface area contributed by atoms with Gasteiger partial charge in [0.05, 0.1) is 6.10 Å². The van der Waals surface area contributed by atoms with Crippen molar-refractivity contribution in [1.82, 2.24) is 4.90 Å². The molecule has 138 valence electrons. The van der Waals surface area contributed by atoms with Gasteiger partial charge in [-0.25, -0.2) is 0 Å². The average Bonchev–Trinajstić information content (AvgIpc) is 2.62. The number of ketones is 1. The van der Waals surface area contributed by atoms with Gasteiger partial charge < -0.3 is 15.4 Å². The van der Waals surface area contributed by atoms with Gasteiger partial charge in [-0.2, -0.15) is 0 Å². The maximum absolute atomic E-state index is 12.4. The number of hydrogen-bond donors (Lipinski definition) is 1. The average molecular weight is 346 g/mol. The molecule has 1 saturated heterocycles. The Kier molecular flexibility index (Phi) is 7.59. The molecule has 2 rings (SSSR count). The highest BCUT2D eigenvalue weighted by Crippen LogP contribution is 2.17. The number of likely N-dealkylation sites (tertiary alicyclic amines) is 1. The van der Waals surface area contributed by atoms with Crippen LogP contribution < -0.4 is 5.73 Å². The molecule has 1 fully saturated rings. The Morgan fingerprint density at radius 1 is 1.20 bits per heavy atom. The number of hydrogen-bond acceptors (Lipinski definition) is 4. The first-order valence-electron chi connectivity index (χ1n) is 9.21. The van der Waals surface area contributed by atoms with Crippen LogP contribution in [0, 0.1) is 13.8 Å². The first kappa shape index (κ1) is 19.6. The second kappa shape index (κ2) is 9.68. The van der Waals surface area contributed by atoms with Crippen LogP contribution in [0.5, 0.6) is 0 Å². The van der Waals surface area contributed by atoms with Crippen molar-refractivity contribution in [2.45, 2.75) is 52.1 Å². The van der Waals surface area contributed by atoms with Crippen molar-refractivity contribution in [3.63, 3.8) is 0 Å². The zero-order chi connectivity index (χ0) is 18.2. The Morgan fingerprint density at radius 3 is 2.60 bits per heavy atom. The van der Waals surface area contributed by atoms with Crippen molar-refractivity contribution < 1.29 is 14.3 Å². The number of ether oxygens (including phenoxy) is 1. The summed E-state index contributed by atoms with van der Waals surface area (Å²) in [5, 5.41) is 0. The molecule has 1 heterocycles. The molecule has 0 radical (unpaired) electrons. The SMILES string of the molecule is Cc1ccc(C)c(C(=O)CCC(=O)N2CCC(OCCCN)CC2)c1. The van der Waals surface area contributed by atoms with Gasteiger partial charge in [-0.05, 0) is 51.3 Å². The van der Waals surface area contributed by atoms with Crippen molar-refractivity contribution in [2.75, 3.05) is 26.2 Å². The van der Waals surface area contributed by atoms with Crippen molar-refractivity contribution >= 4 is 11.7 Å². The molecule has 2 N–H and O–H groups in total. The molecule has 0 bridgehead atoms. The van der Waals surface area contributed by atoms with Gasteiger partial charge in [-0.3, -0.25) is 9.59 Å². The molecule has 0 atom stereocenters. The van der Waals surface area contributed by atoms with E-state index in [1.807, 2.05) is 36.9 Å². The topological polar surface area (TPSA) is 72.6 Å². The number of piperidine rings is 1. The summed E-state index contributed by atoms with van der Waals surface area (Å²) in [5.74, 6) is 0.119. The monoisotopic (exact) mass is 346 g/mol. The fourth-order valence-electron chi connectivity index (χ4n) is 3.15. The number of benzene rings is 1. The van der Waals surface area contributed by atoms with Gasteiger partial charge in [-0.15, -0.1) is 0 Å². The smallest absolute Gasteiger partial charge is 0.223 e. The lowest BCUT2D eigenvalue weighted by Gasteiger charge is -2.32. The molecule has 25 heavy (non-hydrogen) atoms. The lowest BCUT2D eigenvalue weighted by molar-refractivity contribution is -0.133. The van der Waals surface area contributed by atoms with Gasteiger partial charge in [0, 0.05) is 38.1 Å². The Bertz CT molecular complexity index is 593. The Balaban J connectivity index is 1.75. The van der Waals surface area contributed by atoms with E-state index in [0.29, 0.717) is 26.2 Å². The molecule has 1 aliphatic heterocycles. The number of carbonyl (C=O) groups is 2. The maximum atomic E-state index is 12.4. The van der Waals surface area contributed by atoms with Crippen molar-refractivity contribution in [2.24, 2.45) is 5.73 Å². The third-order valence-corrected chi connectivity index (χ3v) is 4.76. The molecule has 0 spiro atoms. The Labute approximate surface area is 150 Å². The molecule has 5 nitrogen and oxygen atoms in total. The minimum absolute atomic E-state index is 0.0505. The molecular weight excluding hydrogens is 316 g/mol. The minimum atomic E-state index is 0.0505. The fraction of sp³-hybridized carbons (Fsp3) is 0.600. The molecule has 0 unspecified atom stereocenters. The zero-order valence-electron chi connectivity index (χ0n) is 15.4. The van der Waals surface area contributed by atoms with Crippen LogP contribution in [0.15, 0.2) is 18.2 Å². The predicted octanol–water partition coefficient (Wildman–Crippen LogP) is 2.62. The van der Waals surface area contributed by atoms with Crippen molar-refractivity contribution in [1.29, 1.82) is 0 Å². The molecule has 1 aliphatic rings. The van der Waals surface area contributed by atoms with E-state index in [1.54, 1.807) is 0 Å².